The molecule has 1 aliphatic rings. The Morgan fingerprint density at radius 2 is 1.76 bits per heavy atom. The van der Waals surface area contributed by atoms with Gasteiger partial charge < -0.3 is 15.4 Å². The number of nitrogens with zero attached hydrogens (tertiary/aromatic N) is 3. The summed E-state index contributed by atoms with van der Waals surface area (Å²) in [5.41, 5.74) is 0.702. The maximum absolute atomic E-state index is 13.6. The van der Waals surface area contributed by atoms with E-state index in [1.807, 2.05) is 12.1 Å². The fourth-order valence-corrected chi connectivity index (χ4v) is 2.74. The standard InChI is InChI=1S/C18H24FN5O/c19-16-4-2-1-3-15(16)5-6-20-17-13-18(23-14-22-17)21-7-8-24-9-11-25-12-10-24/h1-4,13-14H,5-12H2,(H2,20,21,22,23). The minimum Gasteiger partial charge on any atom is -0.379 e. The quantitative estimate of drug-likeness (QED) is 0.763. The molecular weight excluding hydrogens is 321 g/mol. The number of morpholine rings is 1. The van der Waals surface area contributed by atoms with Crippen LogP contribution in [0.4, 0.5) is 16.0 Å². The first-order chi connectivity index (χ1) is 12.3. The molecule has 0 atom stereocenters. The number of ether oxygens (including phenoxy) is 1. The monoisotopic (exact) mass is 345 g/mol. The molecule has 0 unspecified atom stereocenters. The first-order valence-corrected chi connectivity index (χ1v) is 8.64. The van der Waals surface area contributed by atoms with Crippen LogP contribution in [0.3, 0.4) is 0 Å². The molecule has 1 aromatic carbocycles. The maximum atomic E-state index is 13.6. The molecule has 2 heterocycles. The zero-order valence-electron chi connectivity index (χ0n) is 14.2. The minimum atomic E-state index is -0.169. The molecule has 3 rings (SSSR count). The Balaban J connectivity index is 1.42. The van der Waals surface area contributed by atoms with Crippen molar-refractivity contribution in [1.82, 2.24) is 14.9 Å². The van der Waals surface area contributed by atoms with Crippen molar-refractivity contribution in [2.45, 2.75) is 6.42 Å². The lowest BCUT2D eigenvalue weighted by Crippen LogP contribution is -2.39. The van der Waals surface area contributed by atoms with Gasteiger partial charge in [-0.3, -0.25) is 4.90 Å². The summed E-state index contributed by atoms with van der Waals surface area (Å²) in [5.74, 6) is 1.36. The van der Waals surface area contributed by atoms with Gasteiger partial charge in [0.1, 0.15) is 23.8 Å². The highest BCUT2D eigenvalue weighted by molar-refractivity contribution is 5.46. The zero-order chi connectivity index (χ0) is 17.3. The topological polar surface area (TPSA) is 62.3 Å². The van der Waals surface area contributed by atoms with Crippen LogP contribution in [0.15, 0.2) is 36.7 Å². The van der Waals surface area contributed by atoms with Crippen molar-refractivity contribution >= 4 is 11.6 Å². The van der Waals surface area contributed by atoms with Gasteiger partial charge in [0.25, 0.3) is 0 Å². The van der Waals surface area contributed by atoms with E-state index >= 15 is 0 Å². The van der Waals surface area contributed by atoms with Gasteiger partial charge in [0.15, 0.2) is 0 Å². The van der Waals surface area contributed by atoms with Gasteiger partial charge in [-0.15, -0.1) is 0 Å². The Bertz CT molecular complexity index is 663. The number of hydrogen-bond donors (Lipinski definition) is 2. The van der Waals surface area contributed by atoms with Gasteiger partial charge in [-0.2, -0.15) is 0 Å². The SMILES string of the molecule is Fc1ccccc1CCNc1cc(NCCN2CCOCC2)ncn1. The van der Waals surface area contributed by atoms with E-state index in [9.17, 15) is 4.39 Å². The van der Waals surface area contributed by atoms with Gasteiger partial charge in [-0.25, -0.2) is 14.4 Å². The molecule has 0 aliphatic carbocycles. The first-order valence-electron chi connectivity index (χ1n) is 8.64. The summed E-state index contributed by atoms with van der Waals surface area (Å²) in [4.78, 5) is 10.8. The Labute approximate surface area is 147 Å². The number of halogens is 1. The van der Waals surface area contributed by atoms with Crippen LogP contribution in [0.1, 0.15) is 5.56 Å². The van der Waals surface area contributed by atoms with Crippen LogP contribution in [0, 0.1) is 5.82 Å². The molecule has 0 bridgehead atoms. The smallest absolute Gasteiger partial charge is 0.131 e. The van der Waals surface area contributed by atoms with Gasteiger partial charge in [-0.1, -0.05) is 18.2 Å². The van der Waals surface area contributed by atoms with E-state index < -0.39 is 0 Å². The number of anilines is 2. The van der Waals surface area contributed by atoms with Gasteiger partial charge in [0.05, 0.1) is 13.2 Å². The summed E-state index contributed by atoms with van der Waals surface area (Å²) in [6.07, 6.45) is 2.14. The van der Waals surface area contributed by atoms with Gasteiger partial charge >= 0.3 is 0 Å². The van der Waals surface area contributed by atoms with Crippen molar-refractivity contribution in [2.75, 3.05) is 56.6 Å². The minimum absolute atomic E-state index is 0.169. The third kappa shape index (κ3) is 5.65. The average Bonchev–Trinajstić information content (AvgIpc) is 2.65. The third-order valence-electron chi connectivity index (χ3n) is 4.16. The Kier molecular flexibility index (Phi) is 6.53. The Hall–Kier alpha value is -2.25. The van der Waals surface area contributed by atoms with Crippen LogP contribution < -0.4 is 10.6 Å². The number of nitrogens with one attached hydrogen (secondary N) is 2. The molecule has 2 N–H and O–H groups in total. The number of rotatable bonds is 8. The lowest BCUT2D eigenvalue weighted by molar-refractivity contribution is 0.0398. The molecule has 134 valence electrons. The molecule has 0 radical (unpaired) electrons. The van der Waals surface area contributed by atoms with Crippen LogP contribution in [0.25, 0.3) is 0 Å². The third-order valence-corrected chi connectivity index (χ3v) is 4.16. The van der Waals surface area contributed by atoms with Gasteiger partial charge in [-0.05, 0) is 18.1 Å². The zero-order valence-corrected chi connectivity index (χ0v) is 14.2. The fourth-order valence-electron chi connectivity index (χ4n) is 2.74. The molecule has 2 aromatic rings. The Morgan fingerprint density at radius 3 is 2.52 bits per heavy atom. The van der Waals surface area contributed by atoms with Crippen molar-refractivity contribution in [2.24, 2.45) is 0 Å². The molecule has 25 heavy (non-hydrogen) atoms. The van der Waals surface area contributed by atoms with Crippen LogP contribution in [0.2, 0.25) is 0 Å². The molecule has 6 nitrogen and oxygen atoms in total. The van der Waals surface area contributed by atoms with E-state index in [-0.39, 0.29) is 5.82 Å². The lowest BCUT2D eigenvalue weighted by atomic mass is 10.1. The summed E-state index contributed by atoms with van der Waals surface area (Å²) in [7, 11) is 0. The number of hydrogen-bond acceptors (Lipinski definition) is 6. The molecule has 1 aliphatic heterocycles. The number of benzene rings is 1. The summed E-state index contributed by atoms with van der Waals surface area (Å²) < 4.78 is 18.9. The molecule has 0 saturated carbocycles. The second-order valence-electron chi connectivity index (χ2n) is 5.94. The number of aromatic nitrogens is 2. The normalized spacial score (nSPS) is 15.1. The molecule has 1 saturated heterocycles. The highest BCUT2D eigenvalue weighted by atomic mass is 19.1. The summed E-state index contributed by atoms with van der Waals surface area (Å²) in [6.45, 7) is 5.98. The maximum Gasteiger partial charge on any atom is 0.131 e. The highest BCUT2D eigenvalue weighted by Crippen LogP contribution is 2.10. The van der Waals surface area contributed by atoms with Crippen molar-refractivity contribution in [3.8, 4) is 0 Å². The molecule has 0 spiro atoms. The first kappa shape index (κ1) is 17.6. The van der Waals surface area contributed by atoms with Gasteiger partial charge in [0, 0.05) is 38.8 Å². The van der Waals surface area contributed by atoms with Crippen molar-refractivity contribution in [3.05, 3.63) is 48.0 Å². The van der Waals surface area contributed by atoms with Crippen LogP contribution >= 0.6 is 0 Å². The second-order valence-corrected chi connectivity index (χ2v) is 5.94. The Morgan fingerprint density at radius 1 is 1.04 bits per heavy atom. The fraction of sp³-hybridized carbons (Fsp3) is 0.444. The van der Waals surface area contributed by atoms with Crippen LogP contribution in [-0.2, 0) is 11.2 Å². The molecular formula is C18H24FN5O. The summed E-state index contributed by atoms with van der Waals surface area (Å²) >= 11 is 0. The predicted octanol–water partition coefficient (Wildman–Crippen LogP) is 2.01. The average molecular weight is 345 g/mol. The van der Waals surface area contributed by atoms with E-state index in [0.717, 1.165) is 51.0 Å². The van der Waals surface area contributed by atoms with Crippen molar-refractivity contribution in [1.29, 1.82) is 0 Å². The van der Waals surface area contributed by atoms with E-state index in [0.29, 0.717) is 18.5 Å². The van der Waals surface area contributed by atoms with Crippen molar-refractivity contribution < 1.29 is 9.13 Å². The largest absolute Gasteiger partial charge is 0.379 e. The van der Waals surface area contributed by atoms with Crippen LogP contribution in [-0.4, -0.2) is 60.8 Å². The summed E-state index contributed by atoms with van der Waals surface area (Å²) in [5, 5.41) is 6.53. The molecule has 1 aromatic heterocycles. The predicted molar refractivity (Wildman–Crippen MR) is 96.4 cm³/mol. The van der Waals surface area contributed by atoms with E-state index in [4.69, 9.17) is 4.74 Å². The van der Waals surface area contributed by atoms with E-state index in [2.05, 4.69) is 25.5 Å². The van der Waals surface area contributed by atoms with Crippen molar-refractivity contribution in [3.63, 3.8) is 0 Å². The van der Waals surface area contributed by atoms with E-state index in [1.54, 1.807) is 12.1 Å². The highest BCUT2D eigenvalue weighted by Gasteiger charge is 2.09. The van der Waals surface area contributed by atoms with E-state index in [1.165, 1.54) is 12.4 Å². The lowest BCUT2D eigenvalue weighted by Gasteiger charge is -2.26. The molecule has 1 fully saturated rings. The van der Waals surface area contributed by atoms with Crippen LogP contribution in [0.5, 0.6) is 0 Å². The molecule has 7 heteroatoms. The molecule has 0 amide bonds. The second kappa shape index (κ2) is 9.29. The van der Waals surface area contributed by atoms with Gasteiger partial charge in [0.2, 0.25) is 0 Å². The summed E-state index contributed by atoms with van der Waals surface area (Å²) in [6, 6.07) is 8.71.